The molecule has 0 spiro atoms. The van der Waals surface area contributed by atoms with Gasteiger partial charge in [-0.15, -0.1) is 0 Å². The van der Waals surface area contributed by atoms with E-state index in [0.29, 0.717) is 6.61 Å². The Morgan fingerprint density at radius 3 is 1.57 bits per heavy atom. The molecule has 3 nitrogen and oxygen atoms in total. The monoisotopic (exact) mass is 326 g/mol. The molecule has 0 saturated carbocycles. The zero-order chi connectivity index (χ0) is 17.4. The van der Waals surface area contributed by atoms with Crippen molar-refractivity contribution in [2.24, 2.45) is 0 Å². The molecule has 0 unspecified atom stereocenters. The molecule has 0 N–H and O–H groups in total. The van der Waals surface area contributed by atoms with Gasteiger partial charge in [0.25, 0.3) is 0 Å². The SMILES string of the molecule is C=CC(=O)OCCCCCCCCCCCCCC[N+](C)(C)C. The lowest BCUT2D eigenvalue weighted by Gasteiger charge is -2.23. The van der Waals surface area contributed by atoms with E-state index in [2.05, 4.69) is 27.7 Å². The van der Waals surface area contributed by atoms with E-state index in [1.807, 2.05) is 0 Å². The number of hydrogen-bond acceptors (Lipinski definition) is 2. The Kier molecular flexibility index (Phi) is 14.2. The van der Waals surface area contributed by atoms with Crippen molar-refractivity contribution in [3.05, 3.63) is 12.7 Å². The number of nitrogens with zero attached hydrogens (tertiary/aromatic N) is 1. The van der Waals surface area contributed by atoms with Crippen LogP contribution in [-0.4, -0.2) is 44.7 Å². The molecule has 3 heteroatoms. The lowest BCUT2D eigenvalue weighted by atomic mass is 10.1. The highest BCUT2D eigenvalue weighted by Gasteiger charge is 2.04. The molecule has 0 bridgehead atoms. The van der Waals surface area contributed by atoms with Gasteiger partial charge in [-0.25, -0.2) is 4.79 Å². The van der Waals surface area contributed by atoms with Crippen LogP contribution in [0, 0.1) is 0 Å². The smallest absolute Gasteiger partial charge is 0.330 e. The standard InChI is InChI=1S/C20H40NO2/c1-5-20(22)23-19-17-15-13-11-9-7-6-8-10-12-14-16-18-21(2,3)4/h5H,1,6-19H2,2-4H3/q+1. The van der Waals surface area contributed by atoms with Gasteiger partial charge in [0.05, 0.1) is 34.3 Å². The highest BCUT2D eigenvalue weighted by molar-refractivity contribution is 5.81. The van der Waals surface area contributed by atoms with Crippen molar-refractivity contribution >= 4 is 5.97 Å². The summed E-state index contributed by atoms with van der Waals surface area (Å²) in [7, 11) is 6.81. The fourth-order valence-corrected chi connectivity index (χ4v) is 2.69. The van der Waals surface area contributed by atoms with E-state index in [1.54, 1.807) is 0 Å². The topological polar surface area (TPSA) is 26.3 Å². The molecular formula is C20H40NO2+. The predicted octanol–water partition coefficient (Wildman–Crippen LogP) is 5.10. The van der Waals surface area contributed by atoms with Crippen molar-refractivity contribution in [1.29, 1.82) is 0 Å². The van der Waals surface area contributed by atoms with Crippen LogP contribution in [0.4, 0.5) is 0 Å². The number of quaternary nitrogens is 1. The average molecular weight is 327 g/mol. The number of ether oxygens (including phenoxy) is 1. The van der Waals surface area contributed by atoms with Gasteiger partial charge in [0, 0.05) is 6.08 Å². The Bertz CT molecular complexity index is 295. The van der Waals surface area contributed by atoms with E-state index in [-0.39, 0.29) is 5.97 Å². The van der Waals surface area contributed by atoms with E-state index >= 15 is 0 Å². The first kappa shape index (κ1) is 22.2. The van der Waals surface area contributed by atoms with Gasteiger partial charge < -0.3 is 9.22 Å². The summed E-state index contributed by atoms with van der Waals surface area (Å²) >= 11 is 0. The van der Waals surface area contributed by atoms with Gasteiger partial charge in [-0.05, 0) is 19.3 Å². The van der Waals surface area contributed by atoms with Crippen molar-refractivity contribution in [3.8, 4) is 0 Å². The quantitative estimate of drug-likeness (QED) is 0.171. The van der Waals surface area contributed by atoms with Crippen molar-refractivity contribution < 1.29 is 14.0 Å². The van der Waals surface area contributed by atoms with Crippen LogP contribution in [0.15, 0.2) is 12.7 Å². The Balaban J connectivity index is 3.08. The maximum absolute atomic E-state index is 10.8. The van der Waals surface area contributed by atoms with Crippen LogP contribution in [0.25, 0.3) is 0 Å². The number of rotatable bonds is 16. The molecule has 0 atom stereocenters. The summed E-state index contributed by atoms with van der Waals surface area (Å²) in [6, 6.07) is 0. The molecule has 0 fully saturated rings. The van der Waals surface area contributed by atoms with Crippen LogP contribution in [0.1, 0.15) is 77.0 Å². The van der Waals surface area contributed by atoms with Gasteiger partial charge in [0.1, 0.15) is 0 Å². The molecule has 0 aromatic rings. The maximum Gasteiger partial charge on any atom is 0.330 e. The lowest BCUT2D eigenvalue weighted by molar-refractivity contribution is -0.870. The average Bonchev–Trinajstić information content (AvgIpc) is 2.49. The minimum Gasteiger partial charge on any atom is -0.463 e. The summed E-state index contributed by atoms with van der Waals surface area (Å²) in [5, 5.41) is 0. The molecule has 0 saturated heterocycles. The molecule has 0 aromatic heterocycles. The molecule has 0 aromatic carbocycles. The first-order valence-electron chi connectivity index (χ1n) is 9.55. The van der Waals surface area contributed by atoms with E-state index in [9.17, 15) is 4.79 Å². The molecule has 0 aliphatic heterocycles. The minimum absolute atomic E-state index is 0.303. The van der Waals surface area contributed by atoms with Gasteiger partial charge in [0.15, 0.2) is 0 Å². The van der Waals surface area contributed by atoms with E-state index < -0.39 is 0 Å². The molecule has 0 aliphatic rings. The van der Waals surface area contributed by atoms with Gasteiger partial charge >= 0.3 is 5.97 Å². The van der Waals surface area contributed by atoms with Gasteiger partial charge in [-0.2, -0.15) is 0 Å². The summed E-state index contributed by atoms with van der Waals surface area (Å²) in [4.78, 5) is 10.8. The van der Waals surface area contributed by atoms with Crippen molar-refractivity contribution in [1.82, 2.24) is 0 Å². The molecule has 23 heavy (non-hydrogen) atoms. The zero-order valence-corrected chi connectivity index (χ0v) is 15.9. The Labute approximate surface area is 144 Å². The number of hydrogen-bond donors (Lipinski definition) is 0. The van der Waals surface area contributed by atoms with Crippen LogP contribution >= 0.6 is 0 Å². The molecule has 0 aliphatic carbocycles. The van der Waals surface area contributed by atoms with Crippen LogP contribution in [-0.2, 0) is 9.53 Å². The Morgan fingerprint density at radius 1 is 0.783 bits per heavy atom. The minimum atomic E-state index is -0.303. The highest BCUT2D eigenvalue weighted by Crippen LogP contribution is 2.12. The van der Waals surface area contributed by atoms with E-state index in [0.717, 1.165) is 17.3 Å². The number of esters is 1. The van der Waals surface area contributed by atoms with E-state index in [4.69, 9.17) is 4.74 Å². The first-order valence-corrected chi connectivity index (χ1v) is 9.55. The van der Waals surface area contributed by atoms with Gasteiger partial charge in [-0.3, -0.25) is 0 Å². The third-order valence-electron chi connectivity index (χ3n) is 4.13. The fraction of sp³-hybridized carbons (Fsp3) is 0.850. The lowest BCUT2D eigenvalue weighted by Crippen LogP contribution is -2.35. The van der Waals surface area contributed by atoms with Crippen molar-refractivity contribution in [2.45, 2.75) is 77.0 Å². The van der Waals surface area contributed by atoms with Crippen molar-refractivity contribution in [2.75, 3.05) is 34.3 Å². The third kappa shape index (κ3) is 19.1. The normalized spacial score (nSPS) is 11.4. The van der Waals surface area contributed by atoms with Crippen LogP contribution in [0.3, 0.4) is 0 Å². The molecule has 136 valence electrons. The van der Waals surface area contributed by atoms with Crippen LogP contribution in [0.5, 0.6) is 0 Å². The third-order valence-corrected chi connectivity index (χ3v) is 4.13. The molecule has 0 amide bonds. The van der Waals surface area contributed by atoms with Crippen molar-refractivity contribution in [3.63, 3.8) is 0 Å². The maximum atomic E-state index is 10.8. The number of carbonyl (C=O) groups excluding carboxylic acids is 1. The Hall–Kier alpha value is -0.830. The fourth-order valence-electron chi connectivity index (χ4n) is 2.69. The molecular weight excluding hydrogens is 286 g/mol. The second-order valence-electron chi connectivity index (χ2n) is 7.63. The second-order valence-corrected chi connectivity index (χ2v) is 7.63. The Morgan fingerprint density at radius 2 is 1.17 bits per heavy atom. The zero-order valence-electron chi connectivity index (χ0n) is 15.9. The summed E-state index contributed by atoms with van der Waals surface area (Å²) in [6.45, 7) is 5.22. The highest BCUT2D eigenvalue weighted by atomic mass is 16.5. The first-order chi connectivity index (χ1) is 11.0. The molecule has 0 radical (unpaired) electrons. The second kappa shape index (κ2) is 14.7. The van der Waals surface area contributed by atoms with Gasteiger partial charge in [0.2, 0.25) is 0 Å². The molecule has 0 heterocycles. The van der Waals surface area contributed by atoms with Crippen LogP contribution in [0.2, 0.25) is 0 Å². The summed E-state index contributed by atoms with van der Waals surface area (Å²) in [5.74, 6) is -0.303. The van der Waals surface area contributed by atoms with Gasteiger partial charge in [-0.1, -0.05) is 64.4 Å². The summed E-state index contributed by atoms with van der Waals surface area (Å²) in [5.41, 5.74) is 0. The number of carbonyl (C=O) groups is 1. The largest absolute Gasteiger partial charge is 0.463 e. The number of unbranched alkanes of at least 4 members (excludes halogenated alkanes) is 11. The summed E-state index contributed by atoms with van der Waals surface area (Å²) < 4.78 is 6.05. The predicted molar refractivity (Wildman–Crippen MR) is 99.5 cm³/mol. The van der Waals surface area contributed by atoms with Crippen LogP contribution < -0.4 is 0 Å². The van der Waals surface area contributed by atoms with E-state index in [1.165, 1.54) is 76.8 Å². The molecule has 0 rings (SSSR count). The summed E-state index contributed by atoms with van der Waals surface area (Å²) in [6.07, 6.45) is 17.1.